The third-order valence-electron chi connectivity index (χ3n) is 6.44. The first-order valence-corrected chi connectivity index (χ1v) is 12.1. The molecular formula is C29H28FN3O3. The van der Waals surface area contributed by atoms with Crippen molar-refractivity contribution in [1.82, 2.24) is 9.88 Å². The summed E-state index contributed by atoms with van der Waals surface area (Å²) < 4.78 is 25.5. The molecule has 4 aromatic rings. The average Bonchev–Trinajstić information content (AvgIpc) is 2.93. The number of aromatic nitrogens is 1. The van der Waals surface area contributed by atoms with E-state index in [4.69, 9.17) is 14.5 Å². The molecular weight excluding hydrogens is 457 g/mol. The molecule has 0 unspecified atom stereocenters. The Hall–Kier alpha value is -4.13. The van der Waals surface area contributed by atoms with Gasteiger partial charge in [0.05, 0.1) is 30.6 Å². The highest BCUT2D eigenvalue weighted by Gasteiger charge is 2.24. The molecule has 1 fully saturated rings. The summed E-state index contributed by atoms with van der Waals surface area (Å²) in [5, 5.41) is 0.791. The lowest BCUT2D eigenvalue weighted by atomic mass is 10.1. The molecule has 6 nitrogen and oxygen atoms in total. The second kappa shape index (κ2) is 10.2. The quantitative estimate of drug-likeness (QED) is 0.366. The van der Waals surface area contributed by atoms with Crippen LogP contribution in [0.1, 0.15) is 17.3 Å². The summed E-state index contributed by atoms with van der Waals surface area (Å²) in [6.45, 7) is 4.63. The third kappa shape index (κ3) is 4.69. The zero-order chi connectivity index (χ0) is 25.1. The molecule has 0 N–H and O–H groups in total. The molecule has 0 bridgehead atoms. The van der Waals surface area contributed by atoms with Gasteiger partial charge in [-0.3, -0.25) is 4.79 Å². The van der Waals surface area contributed by atoms with Crippen molar-refractivity contribution >= 4 is 22.5 Å². The average molecular weight is 486 g/mol. The maximum atomic E-state index is 14.2. The topological polar surface area (TPSA) is 54.9 Å². The largest absolute Gasteiger partial charge is 0.497 e. The smallest absolute Gasteiger partial charge is 0.254 e. The molecule has 0 saturated carbocycles. The monoisotopic (exact) mass is 485 g/mol. The highest BCUT2D eigenvalue weighted by atomic mass is 19.1. The molecule has 1 aromatic heterocycles. The molecule has 1 aliphatic heterocycles. The summed E-state index contributed by atoms with van der Waals surface area (Å²) in [7, 11) is 1.64. The van der Waals surface area contributed by atoms with Crippen molar-refractivity contribution in [3.05, 3.63) is 84.2 Å². The number of piperazine rings is 1. The van der Waals surface area contributed by atoms with Crippen LogP contribution in [-0.2, 0) is 0 Å². The number of hydrogen-bond acceptors (Lipinski definition) is 5. The Morgan fingerprint density at radius 2 is 1.78 bits per heavy atom. The van der Waals surface area contributed by atoms with Crippen molar-refractivity contribution in [2.24, 2.45) is 0 Å². The van der Waals surface area contributed by atoms with E-state index in [0.717, 1.165) is 27.9 Å². The summed E-state index contributed by atoms with van der Waals surface area (Å²) in [6.07, 6.45) is 0. The minimum atomic E-state index is -0.240. The molecule has 0 radical (unpaired) electrons. The van der Waals surface area contributed by atoms with Gasteiger partial charge in [-0.1, -0.05) is 24.3 Å². The Morgan fingerprint density at radius 1 is 0.972 bits per heavy atom. The van der Waals surface area contributed by atoms with Crippen molar-refractivity contribution < 1.29 is 18.7 Å². The van der Waals surface area contributed by atoms with E-state index >= 15 is 0 Å². The molecule has 0 aliphatic carbocycles. The van der Waals surface area contributed by atoms with Crippen LogP contribution in [0.4, 0.5) is 10.1 Å². The number of halogens is 1. The van der Waals surface area contributed by atoms with Gasteiger partial charge >= 0.3 is 0 Å². The van der Waals surface area contributed by atoms with Crippen LogP contribution < -0.4 is 14.4 Å². The fourth-order valence-electron chi connectivity index (χ4n) is 4.57. The Bertz CT molecular complexity index is 1400. The molecule has 3 aromatic carbocycles. The minimum Gasteiger partial charge on any atom is -0.497 e. The zero-order valence-electron chi connectivity index (χ0n) is 20.4. The van der Waals surface area contributed by atoms with Crippen molar-refractivity contribution in [3.8, 4) is 22.8 Å². The lowest BCUT2D eigenvalue weighted by molar-refractivity contribution is 0.0747. The highest BCUT2D eigenvalue weighted by molar-refractivity contribution is 6.00. The van der Waals surface area contributed by atoms with Crippen LogP contribution in [0.5, 0.6) is 11.5 Å². The molecule has 1 amide bonds. The number of carbonyl (C=O) groups excluding carboxylic acids is 1. The van der Waals surface area contributed by atoms with Gasteiger partial charge in [-0.2, -0.15) is 0 Å². The van der Waals surface area contributed by atoms with Crippen molar-refractivity contribution in [2.75, 3.05) is 44.8 Å². The number of ether oxygens (including phenoxy) is 2. The molecule has 184 valence electrons. The summed E-state index contributed by atoms with van der Waals surface area (Å²) in [5.74, 6) is 1.14. The normalized spacial score (nSPS) is 13.6. The predicted octanol–water partition coefficient (Wildman–Crippen LogP) is 5.41. The van der Waals surface area contributed by atoms with Crippen molar-refractivity contribution in [1.29, 1.82) is 0 Å². The predicted molar refractivity (Wildman–Crippen MR) is 139 cm³/mol. The van der Waals surface area contributed by atoms with E-state index < -0.39 is 0 Å². The zero-order valence-corrected chi connectivity index (χ0v) is 20.4. The van der Waals surface area contributed by atoms with E-state index in [9.17, 15) is 9.18 Å². The van der Waals surface area contributed by atoms with Crippen LogP contribution in [0.3, 0.4) is 0 Å². The molecule has 5 rings (SSSR count). The van der Waals surface area contributed by atoms with Crippen molar-refractivity contribution in [2.45, 2.75) is 6.92 Å². The minimum absolute atomic E-state index is 0.0515. The van der Waals surface area contributed by atoms with E-state index in [1.165, 1.54) is 6.07 Å². The van der Waals surface area contributed by atoms with Crippen LogP contribution in [0.15, 0.2) is 72.8 Å². The van der Waals surface area contributed by atoms with E-state index in [0.29, 0.717) is 49.8 Å². The van der Waals surface area contributed by atoms with Crippen LogP contribution in [0.2, 0.25) is 0 Å². The number of para-hydroxylation sites is 1. The standard InChI is InChI=1S/C29H28FN3O3/c1-3-36-28-19-26(20-7-6-8-22(17-20)35-2)31-25-12-11-21(18-23(25)28)29(34)33-15-13-32(14-16-33)27-10-5-4-9-24(27)30/h4-12,17-19H,3,13-16H2,1-2H3. The maximum Gasteiger partial charge on any atom is 0.254 e. The number of rotatable bonds is 6. The second-order valence-corrected chi connectivity index (χ2v) is 8.63. The molecule has 36 heavy (non-hydrogen) atoms. The number of amides is 1. The molecule has 0 atom stereocenters. The van der Waals surface area contributed by atoms with Gasteiger partial charge in [-0.15, -0.1) is 0 Å². The highest BCUT2D eigenvalue weighted by Crippen LogP contribution is 2.32. The van der Waals surface area contributed by atoms with Gasteiger partial charge in [0.2, 0.25) is 0 Å². The number of methoxy groups -OCH3 is 1. The molecule has 7 heteroatoms. The van der Waals surface area contributed by atoms with Gasteiger partial charge in [-0.05, 0) is 49.4 Å². The number of nitrogens with zero attached hydrogens (tertiary/aromatic N) is 3. The van der Waals surface area contributed by atoms with Gasteiger partial charge in [0.1, 0.15) is 17.3 Å². The summed E-state index contributed by atoms with van der Waals surface area (Å²) in [4.78, 5) is 22.0. The first kappa shape index (κ1) is 23.6. The summed E-state index contributed by atoms with van der Waals surface area (Å²) in [5.41, 5.74) is 3.60. The first-order chi connectivity index (χ1) is 17.6. The maximum absolute atomic E-state index is 14.2. The summed E-state index contributed by atoms with van der Waals surface area (Å²) >= 11 is 0. The molecule has 2 heterocycles. The Balaban J connectivity index is 1.40. The van der Waals surface area contributed by atoms with Crippen molar-refractivity contribution in [3.63, 3.8) is 0 Å². The lowest BCUT2D eigenvalue weighted by Gasteiger charge is -2.36. The Labute approximate surface area is 209 Å². The van der Waals surface area contributed by atoms with E-state index in [2.05, 4.69) is 0 Å². The van der Waals surface area contributed by atoms with E-state index in [-0.39, 0.29) is 11.7 Å². The lowest BCUT2D eigenvalue weighted by Crippen LogP contribution is -2.49. The van der Waals surface area contributed by atoms with Gasteiger partial charge in [0.25, 0.3) is 5.91 Å². The van der Waals surface area contributed by atoms with Crippen LogP contribution in [0, 0.1) is 5.82 Å². The number of carbonyl (C=O) groups is 1. The number of benzene rings is 3. The second-order valence-electron chi connectivity index (χ2n) is 8.63. The van der Waals surface area contributed by atoms with Crippen LogP contribution in [0.25, 0.3) is 22.2 Å². The van der Waals surface area contributed by atoms with Gasteiger partial charge in [0.15, 0.2) is 0 Å². The fraction of sp³-hybridized carbons (Fsp3) is 0.241. The Kier molecular flexibility index (Phi) is 6.71. The number of fused-ring (bicyclic) bond motifs is 1. The number of hydrogen-bond donors (Lipinski definition) is 0. The molecule has 1 aliphatic rings. The van der Waals surface area contributed by atoms with Gasteiger partial charge in [-0.25, -0.2) is 9.37 Å². The van der Waals surface area contributed by atoms with E-state index in [1.807, 2.05) is 71.3 Å². The van der Waals surface area contributed by atoms with Crippen LogP contribution >= 0.6 is 0 Å². The third-order valence-corrected chi connectivity index (χ3v) is 6.44. The molecule has 0 spiro atoms. The summed E-state index contributed by atoms with van der Waals surface area (Å²) in [6, 6.07) is 21.9. The van der Waals surface area contributed by atoms with Crippen LogP contribution in [-0.4, -0.2) is 55.7 Å². The fourth-order valence-corrected chi connectivity index (χ4v) is 4.57. The van der Waals surface area contributed by atoms with Gasteiger partial charge in [0, 0.05) is 48.8 Å². The van der Waals surface area contributed by atoms with E-state index in [1.54, 1.807) is 19.2 Å². The van der Waals surface area contributed by atoms with Gasteiger partial charge < -0.3 is 19.3 Å². The first-order valence-electron chi connectivity index (χ1n) is 12.1. The number of pyridine rings is 1. The SMILES string of the molecule is CCOc1cc(-c2cccc(OC)c2)nc2ccc(C(=O)N3CCN(c4ccccc4F)CC3)cc12. The molecule has 1 saturated heterocycles. The number of anilines is 1. The Morgan fingerprint density at radius 3 is 2.53 bits per heavy atom.